The minimum atomic E-state index is 0. The molecular formula is C12H21ClN2O2S. The number of rotatable bonds is 2. The molecule has 3 rings (SSSR count). The molecule has 2 aliphatic heterocycles. The van der Waals surface area contributed by atoms with Crippen molar-refractivity contribution >= 4 is 30.1 Å². The van der Waals surface area contributed by atoms with E-state index in [-0.39, 0.29) is 24.4 Å². The molecule has 4 unspecified atom stereocenters. The van der Waals surface area contributed by atoms with Crippen molar-refractivity contribution < 1.29 is 9.53 Å². The number of amides is 1. The van der Waals surface area contributed by atoms with Crippen molar-refractivity contribution in [2.75, 3.05) is 18.2 Å². The molecule has 0 radical (unpaired) electrons. The average Bonchev–Trinajstić information content (AvgIpc) is 3.00. The van der Waals surface area contributed by atoms with E-state index in [1.165, 1.54) is 12.8 Å². The summed E-state index contributed by atoms with van der Waals surface area (Å²) in [6, 6.07) is 0.360. The number of carbonyl (C=O) groups is 1. The summed E-state index contributed by atoms with van der Waals surface area (Å²) in [6.45, 7) is 0.874. The van der Waals surface area contributed by atoms with Gasteiger partial charge in [-0.1, -0.05) is 0 Å². The van der Waals surface area contributed by atoms with Gasteiger partial charge in [0.15, 0.2) is 0 Å². The highest BCUT2D eigenvalue weighted by molar-refractivity contribution is 7.99. The first-order valence-electron chi connectivity index (χ1n) is 6.58. The molecule has 1 saturated carbocycles. The van der Waals surface area contributed by atoms with Gasteiger partial charge in [0.2, 0.25) is 5.91 Å². The summed E-state index contributed by atoms with van der Waals surface area (Å²) in [5, 5.41) is 6.46. The second-order valence-electron chi connectivity index (χ2n) is 5.18. The van der Waals surface area contributed by atoms with Crippen LogP contribution in [0.1, 0.15) is 25.7 Å². The van der Waals surface area contributed by atoms with Crippen LogP contribution in [0.4, 0.5) is 0 Å². The van der Waals surface area contributed by atoms with Gasteiger partial charge in [-0.2, -0.15) is 0 Å². The zero-order valence-electron chi connectivity index (χ0n) is 10.4. The number of thioether (sulfide) groups is 1. The number of ether oxygens (including phenoxy) is 1. The van der Waals surface area contributed by atoms with E-state index in [0.717, 1.165) is 31.1 Å². The van der Waals surface area contributed by atoms with E-state index in [1.54, 1.807) is 11.8 Å². The molecule has 2 heterocycles. The van der Waals surface area contributed by atoms with Gasteiger partial charge in [0.05, 0.1) is 12.1 Å². The predicted molar refractivity (Wildman–Crippen MR) is 75.1 cm³/mol. The first-order valence-corrected chi connectivity index (χ1v) is 7.73. The normalized spacial score (nSPS) is 38.9. The predicted octanol–water partition coefficient (Wildman–Crippen LogP) is 1.14. The van der Waals surface area contributed by atoms with Crippen molar-refractivity contribution in [2.45, 2.75) is 43.9 Å². The van der Waals surface area contributed by atoms with E-state index in [0.29, 0.717) is 18.1 Å². The van der Waals surface area contributed by atoms with Gasteiger partial charge in [0.1, 0.15) is 0 Å². The molecule has 0 bridgehead atoms. The van der Waals surface area contributed by atoms with Crippen molar-refractivity contribution in [3.05, 3.63) is 0 Å². The number of nitrogens with one attached hydrogen (secondary N) is 2. The maximum absolute atomic E-state index is 12.1. The SMILES string of the molecule is Cl.O=C(NC1CCCC2OCCC12)C1CSCN1. The van der Waals surface area contributed by atoms with Crippen LogP contribution in [0.25, 0.3) is 0 Å². The van der Waals surface area contributed by atoms with Crippen molar-refractivity contribution in [3.63, 3.8) is 0 Å². The molecule has 18 heavy (non-hydrogen) atoms. The maximum atomic E-state index is 12.1. The first kappa shape index (κ1) is 14.4. The lowest BCUT2D eigenvalue weighted by atomic mass is 9.81. The van der Waals surface area contributed by atoms with E-state index >= 15 is 0 Å². The summed E-state index contributed by atoms with van der Waals surface area (Å²) < 4.78 is 5.72. The zero-order chi connectivity index (χ0) is 11.7. The molecule has 4 atom stereocenters. The minimum absolute atomic E-state index is 0. The smallest absolute Gasteiger partial charge is 0.238 e. The molecule has 2 N–H and O–H groups in total. The van der Waals surface area contributed by atoms with Gasteiger partial charge >= 0.3 is 0 Å². The highest BCUT2D eigenvalue weighted by atomic mass is 35.5. The number of carbonyl (C=O) groups excluding carboxylic acids is 1. The fourth-order valence-electron chi connectivity index (χ4n) is 3.20. The van der Waals surface area contributed by atoms with Gasteiger partial charge in [-0.25, -0.2) is 0 Å². The summed E-state index contributed by atoms with van der Waals surface area (Å²) in [7, 11) is 0. The van der Waals surface area contributed by atoms with E-state index < -0.39 is 0 Å². The summed E-state index contributed by atoms with van der Waals surface area (Å²) >= 11 is 1.80. The van der Waals surface area contributed by atoms with Gasteiger partial charge in [-0.05, 0) is 25.7 Å². The molecule has 1 amide bonds. The van der Waals surface area contributed by atoms with Crippen LogP contribution in [0.3, 0.4) is 0 Å². The molecule has 1 aliphatic carbocycles. The molecule has 6 heteroatoms. The molecule has 3 aliphatic rings. The van der Waals surface area contributed by atoms with Crippen molar-refractivity contribution in [1.29, 1.82) is 0 Å². The van der Waals surface area contributed by atoms with Crippen LogP contribution in [0.15, 0.2) is 0 Å². The summed E-state index contributed by atoms with van der Waals surface area (Å²) in [5.74, 6) is 2.55. The molecule has 0 aromatic rings. The number of halogens is 1. The maximum Gasteiger partial charge on any atom is 0.238 e. The molecule has 2 saturated heterocycles. The monoisotopic (exact) mass is 292 g/mol. The van der Waals surface area contributed by atoms with E-state index in [4.69, 9.17) is 4.74 Å². The third-order valence-corrected chi connectivity index (χ3v) is 5.08. The standard InChI is InChI=1S/C12H20N2O2S.ClH/c15-12(10-6-17-7-13-10)14-9-2-1-3-11-8(9)4-5-16-11;/h8-11,13H,1-7H2,(H,14,15);1H. The summed E-state index contributed by atoms with van der Waals surface area (Å²) in [5.41, 5.74) is 0. The van der Waals surface area contributed by atoms with Gasteiger partial charge in [0, 0.05) is 30.2 Å². The Morgan fingerprint density at radius 3 is 3.00 bits per heavy atom. The van der Waals surface area contributed by atoms with Crippen LogP contribution in [0, 0.1) is 5.92 Å². The Bertz CT molecular complexity index is 300. The van der Waals surface area contributed by atoms with Crippen LogP contribution in [-0.2, 0) is 9.53 Å². The molecule has 0 spiro atoms. The molecular weight excluding hydrogens is 272 g/mol. The Morgan fingerprint density at radius 1 is 1.33 bits per heavy atom. The Labute approximate surface area is 118 Å². The molecule has 4 nitrogen and oxygen atoms in total. The zero-order valence-corrected chi connectivity index (χ0v) is 12.0. The van der Waals surface area contributed by atoms with Crippen LogP contribution >= 0.6 is 24.2 Å². The fraction of sp³-hybridized carbons (Fsp3) is 0.917. The molecule has 0 aromatic heterocycles. The highest BCUT2D eigenvalue weighted by Crippen LogP contribution is 2.34. The Balaban J connectivity index is 0.00000120. The first-order chi connectivity index (χ1) is 8.34. The second kappa shape index (κ2) is 6.46. The Kier molecular flexibility index (Phi) is 5.18. The lowest BCUT2D eigenvalue weighted by Gasteiger charge is -2.33. The van der Waals surface area contributed by atoms with Crippen LogP contribution in [-0.4, -0.2) is 42.3 Å². The van der Waals surface area contributed by atoms with Crippen LogP contribution < -0.4 is 10.6 Å². The Morgan fingerprint density at radius 2 is 2.22 bits per heavy atom. The second-order valence-corrected chi connectivity index (χ2v) is 6.21. The summed E-state index contributed by atoms with van der Waals surface area (Å²) in [4.78, 5) is 12.1. The Hall–Kier alpha value is 0.0300. The number of hydrogen-bond acceptors (Lipinski definition) is 4. The van der Waals surface area contributed by atoms with E-state index in [1.807, 2.05) is 0 Å². The van der Waals surface area contributed by atoms with Crippen LogP contribution in [0.5, 0.6) is 0 Å². The number of fused-ring (bicyclic) bond motifs is 1. The van der Waals surface area contributed by atoms with Crippen molar-refractivity contribution in [1.82, 2.24) is 10.6 Å². The fourth-order valence-corrected chi connectivity index (χ4v) is 4.14. The van der Waals surface area contributed by atoms with Gasteiger partial charge in [-0.15, -0.1) is 24.2 Å². The quantitative estimate of drug-likeness (QED) is 0.801. The molecule has 3 fully saturated rings. The van der Waals surface area contributed by atoms with Crippen molar-refractivity contribution in [3.8, 4) is 0 Å². The minimum Gasteiger partial charge on any atom is -0.378 e. The van der Waals surface area contributed by atoms with Gasteiger partial charge in [0.25, 0.3) is 0 Å². The third-order valence-electron chi connectivity index (χ3n) is 4.14. The number of hydrogen-bond donors (Lipinski definition) is 2. The molecule has 104 valence electrons. The van der Waals surface area contributed by atoms with Gasteiger partial charge in [-0.3, -0.25) is 10.1 Å². The highest BCUT2D eigenvalue weighted by Gasteiger charge is 2.39. The topological polar surface area (TPSA) is 50.4 Å². The van der Waals surface area contributed by atoms with E-state index in [9.17, 15) is 4.79 Å². The van der Waals surface area contributed by atoms with Crippen molar-refractivity contribution in [2.24, 2.45) is 5.92 Å². The molecule has 0 aromatic carbocycles. The van der Waals surface area contributed by atoms with E-state index in [2.05, 4.69) is 10.6 Å². The lowest BCUT2D eigenvalue weighted by molar-refractivity contribution is -0.124. The largest absolute Gasteiger partial charge is 0.378 e. The lowest BCUT2D eigenvalue weighted by Crippen LogP contribution is -2.51. The average molecular weight is 293 g/mol. The summed E-state index contributed by atoms with van der Waals surface area (Å²) in [6.07, 6.45) is 4.99. The third kappa shape index (κ3) is 2.95. The van der Waals surface area contributed by atoms with Gasteiger partial charge < -0.3 is 10.1 Å². The van der Waals surface area contributed by atoms with Crippen LogP contribution in [0.2, 0.25) is 0 Å².